The van der Waals surface area contributed by atoms with E-state index in [-0.39, 0.29) is 30.4 Å². The van der Waals surface area contributed by atoms with E-state index >= 15 is 0 Å². The fraction of sp³-hybridized carbons (Fsp3) is 0.438. The fourth-order valence-electron chi connectivity index (χ4n) is 3.94. The summed E-state index contributed by atoms with van der Waals surface area (Å²) in [6, 6.07) is 8.32. The van der Waals surface area contributed by atoms with E-state index in [1.54, 1.807) is 97.3 Å². The molecule has 0 saturated carbocycles. The number of rotatable bonds is 7. The number of imide groups is 1. The SMILES string of the molecule is C=C(C(=O)O)c1ccc2c(ccn2-c2nccc(N(CCN(C(=O)OC(C)(C)C)C(=O)OC(C)(C)C)C(=O)OC(C)(C)C)n2)c1. The highest BCUT2D eigenvalue weighted by Crippen LogP contribution is 2.25. The molecule has 0 spiro atoms. The number of hydrogen-bond acceptors (Lipinski definition) is 9. The van der Waals surface area contributed by atoms with Gasteiger partial charge in [-0.15, -0.1) is 0 Å². The van der Waals surface area contributed by atoms with Crippen LogP contribution in [0.1, 0.15) is 67.9 Å². The van der Waals surface area contributed by atoms with Crippen molar-refractivity contribution >= 4 is 46.5 Å². The molecule has 242 valence electrons. The Kier molecular flexibility index (Phi) is 9.95. The van der Waals surface area contributed by atoms with Gasteiger partial charge in [-0.25, -0.2) is 29.1 Å². The van der Waals surface area contributed by atoms with Crippen LogP contribution in [0.2, 0.25) is 0 Å². The maximum Gasteiger partial charge on any atom is 0.419 e. The second kappa shape index (κ2) is 13.0. The first-order valence-corrected chi connectivity index (χ1v) is 14.3. The Bertz CT molecular complexity index is 1580. The lowest BCUT2D eigenvalue weighted by atomic mass is 10.1. The number of benzene rings is 1. The highest BCUT2D eigenvalue weighted by Gasteiger charge is 2.33. The minimum Gasteiger partial charge on any atom is -0.478 e. The Balaban J connectivity index is 2.01. The van der Waals surface area contributed by atoms with E-state index in [2.05, 4.69) is 16.5 Å². The minimum atomic E-state index is -1.12. The summed E-state index contributed by atoms with van der Waals surface area (Å²) in [5, 5.41) is 10.0. The van der Waals surface area contributed by atoms with Crippen LogP contribution in [-0.4, -0.2) is 78.7 Å². The van der Waals surface area contributed by atoms with Gasteiger partial charge >= 0.3 is 24.2 Å². The lowest BCUT2D eigenvalue weighted by Crippen LogP contribution is -2.48. The number of aromatic nitrogens is 3. The van der Waals surface area contributed by atoms with Gasteiger partial charge in [0.1, 0.15) is 22.6 Å². The van der Waals surface area contributed by atoms with Gasteiger partial charge in [-0.2, -0.15) is 4.98 Å². The summed E-state index contributed by atoms with van der Waals surface area (Å²) in [4.78, 5) is 61.9. The topological polar surface area (TPSA) is 153 Å². The molecule has 0 radical (unpaired) electrons. The molecular formula is C32H41N5O8. The van der Waals surface area contributed by atoms with Crippen LogP contribution in [0.15, 0.2) is 49.3 Å². The molecule has 3 amide bonds. The molecule has 45 heavy (non-hydrogen) atoms. The minimum absolute atomic E-state index is 0.0392. The van der Waals surface area contributed by atoms with E-state index < -0.39 is 41.1 Å². The van der Waals surface area contributed by atoms with Crippen molar-refractivity contribution in [2.75, 3.05) is 18.0 Å². The molecule has 3 aromatic rings. The summed E-state index contributed by atoms with van der Waals surface area (Å²) in [7, 11) is 0. The molecule has 0 saturated heterocycles. The van der Waals surface area contributed by atoms with Gasteiger partial charge < -0.3 is 19.3 Å². The molecule has 0 atom stereocenters. The molecule has 0 bridgehead atoms. The van der Waals surface area contributed by atoms with Crippen molar-refractivity contribution in [1.29, 1.82) is 0 Å². The predicted molar refractivity (Wildman–Crippen MR) is 168 cm³/mol. The average Bonchev–Trinajstić information content (AvgIpc) is 3.30. The van der Waals surface area contributed by atoms with Gasteiger partial charge in [0.15, 0.2) is 0 Å². The molecule has 0 aliphatic heterocycles. The molecule has 2 aromatic heterocycles. The number of ether oxygens (including phenoxy) is 3. The maximum absolute atomic E-state index is 13.5. The predicted octanol–water partition coefficient (Wildman–Crippen LogP) is 6.43. The maximum atomic E-state index is 13.5. The van der Waals surface area contributed by atoms with Crippen molar-refractivity contribution in [3.63, 3.8) is 0 Å². The lowest BCUT2D eigenvalue weighted by Gasteiger charge is -2.31. The number of fused-ring (bicyclic) bond motifs is 1. The number of carboxylic acids is 1. The molecular weight excluding hydrogens is 582 g/mol. The van der Waals surface area contributed by atoms with Crippen LogP contribution < -0.4 is 4.90 Å². The van der Waals surface area contributed by atoms with E-state index in [9.17, 15) is 24.3 Å². The van der Waals surface area contributed by atoms with Gasteiger partial charge in [0.2, 0.25) is 5.95 Å². The van der Waals surface area contributed by atoms with Gasteiger partial charge in [0.25, 0.3) is 0 Å². The number of carbonyl (C=O) groups excluding carboxylic acids is 3. The zero-order chi connectivity index (χ0) is 33.9. The normalized spacial score (nSPS) is 11.9. The molecule has 0 aliphatic carbocycles. The highest BCUT2D eigenvalue weighted by molar-refractivity contribution is 6.15. The molecule has 13 heteroatoms. The summed E-state index contributed by atoms with van der Waals surface area (Å²) in [6.45, 7) is 18.2. The van der Waals surface area contributed by atoms with Crippen molar-refractivity contribution in [3.05, 3.63) is 54.9 Å². The van der Waals surface area contributed by atoms with E-state index in [4.69, 9.17) is 14.2 Å². The van der Waals surface area contributed by atoms with E-state index in [1.165, 1.54) is 17.2 Å². The molecule has 1 N–H and O–H groups in total. The van der Waals surface area contributed by atoms with Crippen molar-refractivity contribution < 1.29 is 38.5 Å². The smallest absolute Gasteiger partial charge is 0.419 e. The quantitative estimate of drug-likeness (QED) is 0.230. The molecule has 2 heterocycles. The molecule has 1 aromatic carbocycles. The van der Waals surface area contributed by atoms with Gasteiger partial charge in [-0.1, -0.05) is 12.6 Å². The van der Waals surface area contributed by atoms with Crippen LogP contribution in [0.5, 0.6) is 0 Å². The van der Waals surface area contributed by atoms with Crippen molar-refractivity contribution in [3.8, 4) is 5.95 Å². The first-order valence-electron chi connectivity index (χ1n) is 14.3. The summed E-state index contributed by atoms with van der Waals surface area (Å²) in [6.07, 6.45) is 0.526. The summed E-state index contributed by atoms with van der Waals surface area (Å²) >= 11 is 0. The summed E-state index contributed by atoms with van der Waals surface area (Å²) in [5.41, 5.74) is -1.56. The molecule has 0 unspecified atom stereocenters. The number of carbonyl (C=O) groups is 4. The Morgan fingerprint density at radius 2 is 1.38 bits per heavy atom. The number of carboxylic acid groups (broad SMARTS) is 1. The van der Waals surface area contributed by atoms with Crippen molar-refractivity contribution in [1.82, 2.24) is 19.4 Å². The second-order valence-electron chi connectivity index (χ2n) is 13.2. The second-order valence-corrected chi connectivity index (χ2v) is 13.2. The van der Waals surface area contributed by atoms with E-state index in [0.717, 1.165) is 10.3 Å². The van der Waals surface area contributed by atoms with Gasteiger partial charge in [0, 0.05) is 24.3 Å². The van der Waals surface area contributed by atoms with Gasteiger partial charge in [-0.3, -0.25) is 9.47 Å². The first-order chi connectivity index (χ1) is 20.6. The number of amides is 3. The monoisotopic (exact) mass is 623 g/mol. The first kappa shape index (κ1) is 34.5. The Hall–Kier alpha value is -4.94. The largest absolute Gasteiger partial charge is 0.478 e. The van der Waals surface area contributed by atoms with Crippen LogP contribution in [0, 0.1) is 0 Å². The van der Waals surface area contributed by atoms with E-state index in [1.807, 2.05) is 0 Å². The van der Waals surface area contributed by atoms with Crippen LogP contribution >= 0.6 is 0 Å². The van der Waals surface area contributed by atoms with Crippen LogP contribution in [0.4, 0.5) is 20.2 Å². The number of nitrogens with zero attached hydrogens (tertiary/aromatic N) is 5. The zero-order valence-electron chi connectivity index (χ0n) is 27.2. The lowest BCUT2D eigenvalue weighted by molar-refractivity contribution is -0.130. The van der Waals surface area contributed by atoms with E-state index in [0.29, 0.717) is 11.1 Å². The molecule has 0 aliphatic rings. The fourth-order valence-corrected chi connectivity index (χ4v) is 3.94. The third kappa shape index (κ3) is 9.52. The summed E-state index contributed by atoms with van der Waals surface area (Å²) in [5.74, 6) is -0.777. The number of aliphatic carboxylic acids is 1. The van der Waals surface area contributed by atoms with Crippen LogP contribution in [-0.2, 0) is 19.0 Å². The Labute approximate surface area is 262 Å². The van der Waals surface area contributed by atoms with Crippen LogP contribution in [0.3, 0.4) is 0 Å². The molecule has 0 fully saturated rings. The number of anilines is 1. The van der Waals surface area contributed by atoms with Crippen molar-refractivity contribution in [2.24, 2.45) is 0 Å². The van der Waals surface area contributed by atoms with Gasteiger partial charge in [0.05, 0.1) is 17.6 Å². The Morgan fingerprint density at radius 3 is 1.91 bits per heavy atom. The third-order valence-corrected chi connectivity index (χ3v) is 5.81. The van der Waals surface area contributed by atoms with Crippen molar-refractivity contribution in [2.45, 2.75) is 79.1 Å². The van der Waals surface area contributed by atoms with Gasteiger partial charge in [-0.05, 0) is 92.1 Å². The number of hydrogen-bond donors (Lipinski definition) is 1. The van der Waals surface area contributed by atoms with Crippen LogP contribution in [0.25, 0.3) is 22.4 Å². The standard InChI is InChI=1S/C32H41N5O8/c1-20(25(38)39)21-11-12-23-22(19-21)14-16-35(23)26-33-15-13-24(34-26)36(27(40)43-30(2,3)4)17-18-37(28(41)44-31(5,6)7)29(42)45-32(8,9)10/h11-16,19H,1,17-18H2,2-10H3,(H,38,39). The summed E-state index contributed by atoms with van der Waals surface area (Å²) < 4.78 is 18.2. The average molecular weight is 624 g/mol. The molecule has 3 rings (SSSR count). The highest BCUT2D eigenvalue weighted by atomic mass is 16.6. The molecule has 13 nitrogen and oxygen atoms in total. The third-order valence-electron chi connectivity index (χ3n) is 5.81. The Morgan fingerprint density at radius 1 is 0.822 bits per heavy atom. The zero-order valence-corrected chi connectivity index (χ0v) is 27.2.